The van der Waals surface area contributed by atoms with E-state index in [-0.39, 0.29) is 11.9 Å². The predicted octanol–water partition coefficient (Wildman–Crippen LogP) is 4.55. The molecular weight excluding hydrogens is 308 g/mol. The summed E-state index contributed by atoms with van der Waals surface area (Å²) in [5.74, 6) is 0.858. The smallest absolute Gasteiger partial charge is 0.225 e. The predicted molar refractivity (Wildman–Crippen MR) is 107 cm³/mol. The molecule has 0 saturated heterocycles. The van der Waals surface area contributed by atoms with Gasteiger partial charge in [0.05, 0.1) is 12.5 Å². The minimum absolute atomic E-state index is 0.0101. The second kappa shape index (κ2) is 9.36. The first-order valence-electron chi connectivity index (χ1n) is 9.19. The normalized spacial score (nSPS) is 21.6. The van der Waals surface area contributed by atoms with E-state index in [2.05, 4.69) is 62.2 Å². The SMILES string of the molecule is C=CC(C1=CC(/N=C(\CC(=O)NC)C2=CC=CCC2)CC=C1)C(C)C. The summed E-state index contributed by atoms with van der Waals surface area (Å²) in [5.41, 5.74) is 3.38. The van der Waals surface area contributed by atoms with E-state index in [1.165, 1.54) is 11.1 Å². The fraction of sp³-hybridized carbons (Fsp3) is 0.455. The van der Waals surface area contributed by atoms with Crippen LogP contribution in [0.1, 0.15) is 39.5 Å². The highest BCUT2D eigenvalue weighted by Crippen LogP contribution is 2.27. The molecule has 2 rings (SSSR count). The van der Waals surface area contributed by atoms with Crippen molar-refractivity contribution in [3.05, 3.63) is 60.3 Å². The van der Waals surface area contributed by atoms with Gasteiger partial charge in [0.25, 0.3) is 0 Å². The lowest BCUT2D eigenvalue weighted by atomic mass is 9.84. The molecule has 0 spiro atoms. The molecule has 2 atom stereocenters. The molecule has 0 aliphatic heterocycles. The molecule has 3 heteroatoms. The summed E-state index contributed by atoms with van der Waals surface area (Å²) < 4.78 is 0. The van der Waals surface area contributed by atoms with E-state index in [0.717, 1.165) is 25.0 Å². The average molecular weight is 338 g/mol. The molecule has 1 amide bonds. The van der Waals surface area contributed by atoms with Gasteiger partial charge in [0, 0.05) is 18.7 Å². The van der Waals surface area contributed by atoms with Crippen LogP contribution in [0, 0.1) is 11.8 Å². The molecule has 0 aromatic heterocycles. The molecule has 0 fully saturated rings. The Balaban J connectivity index is 2.28. The highest BCUT2D eigenvalue weighted by Gasteiger charge is 2.19. The van der Waals surface area contributed by atoms with Gasteiger partial charge in [-0.2, -0.15) is 0 Å². The first-order chi connectivity index (χ1) is 12.0. The van der Waals surface area contributed by atoms with Crippen LogP contribution in [0.4, 0.5) is 0 Å². The third kappa shape index (κ3) is 5.42. The fourth-order valence-electron chi connectivity index (χ4n) is 3.32. The molecule has 2 aliphatic rings. The Morgan fingerprint density at radius 1 is 1.44 bits per heavy atom. The van der Waals surface area contributed by atoms with Gasteiger partial charge in [-0.1, -0.05) is 56.4 Å². The van der Waals surface area contributed by atoms with Crippen LogP contribution in [-0.2, 0) is 4.79 Å². The van der Waals surface area contributed by atoms with Crippen molar-refractivity contribution in [1.29, 1.82) is 0 Å². The van der Waals surface area contributed by atoms with Crippen molar-refractivity contribution >= 4 is 11.6 Å². The molecular formula is C22H30N2O. The van der Waals surface area contributed by atoms with Crippen molar-refractivity contribution in [1.82, 2.24) is 5.32 Å². The number of hydrogen-bond donors (Lipinski definition) is 1. The number of allylic oxidation sites excluding steroid dienone is 7. The van der Waals surface area contributed by atoms with E-state index >= 15 is 0 Å². The summed E-state index contributed by atoms with van der Waals surface area (Å²) in [6.07, 6.45) is 18.1. The number of rotatable bonds is 7. The Morgan fingerprint density at radius 2 is 2.24 bits per heavy atom. The van der Waals surface area contributed by atoms with Gasteiger partial charge >= 0.3 is 0 Å². The number of hydrogen-bond acceptors (Lipinski definition) is 2. The van der Waals surface area contributed by atoms with E-state index in [4.69, 9.17) is 4.99 Å². The van der Waals surface area contributed by atoms with Gasteiger partial charge in [-0.05, 0) is 36.3 Å². The lowest BCUT2D eigenvalue weighted by molar-refractivity contribution is -0.119. The second-order valence-corrected chi connectivity index (χ2v) is 6.96. The van der Waals surface area contributed by atoms with Gasteiger partial charge in [0.1, 0.15) is 0 Å². The minimum atomic E-state index is 0.0101. The van der Waals surface area contributed by atoms with Crippen LogP contribution < -0.4 is 5.32 Å². The average Bonchev–Trinajstić information content (AvgIpc) is 2.62. The summed E-state index contributed by atoms with van der Waals surface area (Å²) in [4.78, 5) is 16.9. The molecule has 0 radical (unpaired) electrons. The van der Waals surface area contributed by atoms with Gasteiger partial charge in [-0.3, -0.25) is 9.79 Å². The van der Waals surface area contributed by atoms with Crippen LogP contribution in [0.3, 0.4) is 0 Å². The number of carbonyl (C=O) groups excluding carboxylic acids is 1. The van der Waals surface area contributed by atoms with Crippen molar-refractivity contribution < 1.29 is 4.79 Å². The van der Waals surface area contributed by atoms with Crippen molar-refractivity contribution in [3.8, 4) is 0 Å². The van der Waals surface area contributed by atoms with E-state index in [0.29, 0.717) is 18.3 Å². The number of nitrogens with zero attached hydrogens (tertiary/aromatic N) is 1. The number of nitrogens with one attached hydrogen (secondary N) is 1. The van der Waals surface area contributed by atoms with Crippen molar-refractivity contribution in [2.24, 2.45) is 16.8 Å². The van der Waals surface area contributed by atoms with Crippen LogP contribution in [0.15, 0.2) is 65.2 Å². The van der Waals surface area contributed by atoms with Crippen LogP contribution in [0.5, 0.6) is 0 Å². The summed E-state index contributed by atoms with van der Waals surface area (Å²) in [6.45, 7) is 8.41. The van der Waals surface area contributed by atoms with Crippen molar-refractivity contribution in [3.63, 3.8) is 0 Å². The van der Waals surface area contributed by atoms with Crippen molar-refractivity contribution in [2.45, 2.75) is 45.6 Å². The summed E-state index contributed by atoms with van der Waals surface area (Å²) in [5, 5.41) is 2.72. The molecule has 2 aliphatic carbocycles. The van der Waals surface area contributed by atoms with Crippen LogP contribution in [-0.4, -0.2) is 24.7 Å². The third-order valence-electron chi connectivity index (χ3n) is 4.74. The molecule has 1 N–H and O–H groups in total. The zero-order valence-corrected chi connectivity index (χ0v) is 15.7. The van der Waals surface area contributed by atoms with Crippen LogP contribution in [0.25, 0.3) is 0 Å². The summed E-state index contributed by atoms with van der Waals surface area (Å²) in [6, 6.07) is 0.0904. The lowest BCUT2D eigenvalue weighted by Crippen LogP contribution is -2.24. The maximum absolute atomic E-state index is 11.9. The fourth-order valence-corrected chi connectivity index (χ4v) is 3.32. The van der Waals surface area contributed by atoms with E-state index < -0.39 is 0 Å². The van der Waals surface area contributed by atoms with Gasteiger partial charge in [0.2, 0.25) is 5.91 Å². The van der Waals surface area contributed by atoms with Gasteiger partial charge < -0.3 is 5.32 Å². The third-order valence-corrected chi connectivity index (χ3v) is 4.74. The highest BCUT2D eigenvalue weighted by atomic mass is 16.1. The Morgan fingerprint density at radius 3 is 2.84 bits per heavy atom. The zero-order chi connectivity index (χ0) is 18.2. The molecule has 0 saturated carbocycles. The molecule has 2 unspecified atom stereocenters. The van der Waals surface area contributed by atoms with E-state index in [1.54, 1.807) is 7.05 Å². The van der Waals surface area contributed by atoms with Crippen LogP contribution >= 0.6 is 0 Å². The van der Waals surface area contributed by atoms with Gasteiger partial charge in [-0.25, -0.2) is 0 Å². The molecule has 0 aromatic rings. The Hall–Kier alpha value is -2.16. The first-order valence-corrected chi connectivity index (χ1v) is 9.19. The van der Waals surface area contributed by atoms with Gasteiger partial charge in [-0.15, -0.1) is 6.58 Å². The van der Waals surface area contributed by atoms with Crippen LogP contribution in [0.2, 0.25) is 0 Å². The maximum Gasteiger partial charge on any atom is 0.225 e. The topological polar surface area (TPSA) is 41.5 Å². The van der Waals surface area contributed by atoms with Crippen molar-refractivity contribution in [2.75, 3.05) is 7.05 Å². The largest absolute Gasteiger partial charge is 0.359 e. The number of carbonyl (C=O) groups is 1. The highest BCUT2D eigenvalue weighted by molar-refractivity contribution is 6.10. The zero-order valence-electron chi connectivity index (χ0n) is 15.7. The molecule has 134 valence electrons. The quantitative estimate of drug-likeness (QED) is 0.537. The summed E-state index contributed by atoms with van der Waals surface area (Å²) in [7, 11) is 1.67. The van der Waals surface area contributed by atoms with Gasteiger partial charge in [0.15, 0.2) is 0 Å². The monoisotopic (exact) mass is 338 g/mol. The molecule has 25 heavy (non-hydrogen) atoms. The lowest BCUT2D eigenvalue weighted by Gasteiger charge is -2.23. The second-order valence-electron chi connectivity index (χ2n) is 6.96. The standard InChI is InChI=1S/C22H30N2O/c1-5-20(16(2)3)18-12-9-13-19(14-18)24-21(15-22(25)23-4)17-10-7-6-8-11-17/h5-7,9-10,12,14,16,19-20H,1,8,11,13,15H2,2-4H3,(H,23,25)/b24-21+. The number of amides is 1. The molecule has 0 heterocycles. The first kappa shape index (κ1) is 19.2. The van der Waals surface area contributed by atoms with E-state index in [9.17, 15) is 4.79 Å². The molecule has 0 aromatic carbocycles. The Kier molecular flexibility index (Phi) is 7.17. The Bertz CT molecular complexity index is 647. The number of aliphatic imine (C=N–C) groups is 1. The van der Waals surface area contributed by atoms with E-state index in [1.807, 2.05) is 6.08 Å². The molecule has 3 nitrogen and oxygen atoms in total. The minimum Gasteiger partial charge on any atom is -0.359 e. The maximum atomic E-state index is 11.9. The summed E-state index contributed by atoms with van der Waals surface area (Å²) >= 11 is 0. The molecule has 0 bridgehead atoms. The Labute approximate surface area is 152 Å².